The fourth-order valence-electron chi connectivity index (χ4n) is 2.50. The van der Waals surface area contributed by atoms with Gasteiger partial charge in [-0.2, -0.15) is 10.1 Å². The summed E-state index contributed by atoms with van der Waals surface area (Å²) in [7, 11) is 0. The fraction of sp³-hybridized carbons (Fsp3) is 0.211. The highest BCUT2D eigenvalue weighted by Gasteiger charge is 2.17. The van der Waals surface area contributed by atoms with Gasteiger partial charge >= 0.3 is 0 Å². The van der Waals surface area contributed by atoms with Crippen LogP contribution in [0.1, 0.15) is 26.3 Å². The van der Waals surface area contributed by atoms with Crippen molar-refractivity contribution in [2.24, 2.45) is 0 Å². The number of para-hydroxylation sites is 1. The van der Waals surface area contributed by atoms with Crippen molar-refractivity contribution in [3.63, 3.8) is 0 Å². The Morgan fingerprint density at radius 3 is 2.42 bits per heavy atom. The molecular weight excluding hydrogens is 336 g/mol. The van der Waals surface area contributed by atoms with Crippen molar-refractivity contribution < 1.29 is 8.78 Å². The van der Waals surface area contributed by atoms with Gasteiger partial charge in [-0.1, -0.05) is 39.0 Å². The average molecular weight is 355 g/mol. The SMILES string of the molecule is CC(C)(C)c1ccccc1Nc1cnnc(Nc2ccc(F)c(F)c2)n1. The summed E-state index contributed by atoms with van der Waals surface area (Å²) in [5.74, 6) is -1.20. The minimum atomic E-state index is -0.948. The summed E-state index contributed by atoms with van der Waals surface area (Å²) < 4.78 is 26.3. The zero-order chi connectivity index (χ0) is 18.7. The molecule has 0 bridgehead atoms. The molecule has 0 saturated carbocycles. The molecule has 0 saturated heterocycles. The minimum Gasteiger partial charge on any atom is -0.339 e. The Bertz CT molecular complexity index is 922. The van der Waals surface area contributed by atoms with E-state index in [1.54, 1.807) is 0 Å². The van der Waals surface area contributed by atoms with Crippen molar-refractivity contribution >= 4 is 23.1 Å². The third-order valence-corrected chi connectivity index (χ3v) is 3.73. The Kier molecular flexibility index (Phi) is 4.79. The van der Waals surface area contributed by atoms with Gasteiger partial charge in [-0.3, -0.25) is 0 Å². The van der Waals surface area contributed by atoms with E-state index in [4.69, 9.17) is 0 Å². The Morgan fingerprint density at radius 1 is 0.923 bits per heavy atom. The highest BCUT2D eigenvalue weighted by molar-refractivity contribution is 5.63. The smallest absolute Gasteiger partial charge is 0.249 e. The third-order valence-electron chi connectivity index (χ3n) is 3.73. The number of hydrogen-bond acceptors (Lipinski definition) is 5. The highest BCUT2D eigenvalue weighted by Crippen LogP contribution is 2.30. The van der Waals surface area contributed by atoms with E-state index in [1.165, 1.54) is 12.3 Å². The van der Waals surface area contributed by atoms with Gasteiger partial charge in [0.05, 0.1) is 6.20 Å². The van der Waals surface area contributed by atoms with Crippen LogP contribution in [0, 0.1) is 11.6 Å². The molecule has 1 aromatic heterocycles. The van der Waals surface area contributed by atoms with Crippen LogP contribution in [0.25, 0.3) is 0 Å². The van der Waals surface area contributed by atoms with E-state index < -0.39 is 11.6 Å². The van der Waals surface area contributed by atoms with Crippen LogP contribution in [0.3, 0.4) is 0 Å². The predicted octanol–water partition coefficient (Wildman–Crippen LogP) is 4.93. The number of halogens is 2. The molecule has 3 rings (SSSR count). The number of nitrogens with zero attached hydrogens (tertiary/aromatic N) is 3. The van der Waals surface area contributed by atoms with Gasteiger partial charge in [0.1, 0.15) is 0 Å². The number of anilines is 4. The van der Waals surface area contributed by atoms with Gasteiger partial charge in [0.2, 0.25) is 5.95 Å². The lowest BCUT2D eigenvalue weighted by Gasteiger charge is -2.23. The molecule has 7 heteroatoms. The first kappa shape index (κ1) is 17.7. The van der Waals surface area contributed by atoms with Gasteiger partial charge < -0.3 is 10.6 Å². The number of aromatic nitrogens is 3. The first-order chi connectivity index (χ1) is 12.3. The van der Waals surface area contributed by atoms with E-state index in [0.717, 1.165) is 23.4 Å². The maximum absolute atomic E-state index is 13.3. The number of hydrogen-bond donors (Lipinski definition) is 2. The Labute approximate surface area is 150 Å². The van der Waals surface area contributed by atoms with Gasteiger partial charge in [0.15, 0.2) is 17.5 Å². The molecule has 1 heterocycles. The van der Waals surface area contributed by atoms with E-state index in [2.05, 4.69) is 52.7 Å². The van der Waals surface area contributed by atoms with Crippen LogP contribution in [0.5, 0.6) is 0 Å². The minimum absolute atomic E-state index is 0.0449. The Hall–Kier alpha value is -3.09. The quantitative estimate of drug-likeness (QED) is 0.694. The van der Waals surface area contributed by atoms with E-state index in [9.17, 15) is 8.78 Å². The molecule has 3 aromatic rings. The molecule has 134 valence electrons. The summed E-state index contributed by atoms with van der Waals surface area (Å²) in [6.45, 7) is 6.38. The van der Waals surface area contributed by atoms with Gasteiger partial charge in [-0.15, -0.1) is 5.10 Å². The second kappa shape index (κ2) is 7.03. The van der Waals surface area contributed by atoms with Crippen LogP contribution in [-0.2, 0) is 5.41 Å². The Morgan fingerprint density at radius 2 is 1.69 bits per heavy atom. The first-order valence-corrected chi connectivity index (χ1v) is 8.11. The van der Waals surface area contributed by atoms with Gasteiger partial charge in [0.25, 0.3) is 0 Å². The molecule has 5 nitrogen and oxygen atoms in total. The van der Waals surface area contributed by atoms with Gasteiger partial charge in [-0.05, 0) is 29.2 Å². The lowest BCUT2D eigenvalue weighted by Crippen LogP contribution is -2.14. The number of nitrogens with one attached hydrogen (secondary N) is 2. The first-order valence-electron chi connectivity index (χ1n) is 8.11. The van der Waals surface area contributed by atoms with Crippen molar-refractivity contribution in [2.75, 3.05) is 10.6 Å². The molecule has 0 atom stereocenters. The van der Waals surface area contributed by atoms with E-state index in [0.29, 0.717) is 11.5 Å². The second-order valence-electron chi connectivity index (χ2n) is 6.84. The summed E-state index contributed by atoms with van der Waals surface area (Å²) >= 11 is 0. The summed E-state index contributed by atoms with van der Waals surface area (Å²) in [4.78, 5) is 4.33. The molecule has 0 spiro atoms. The monoisotopic (exact) mass is 355 g/mol. The average Bonchev–Trinajstić information content (AvgIpc) is 2.58. The maximum Gasteiger partial charge on any atom is 0.249 e. The topological polar surface area (TPSA) is 62.7 Å². The van der Waals surface area contributed by atoms with Crippen molar-refractivity contribution in [3.8, 4) is 0 Å². The van der Waals surface area contributed by atoms with E-state index in [-0.39, 0.29) is 11.4 Å². The summed E-state index contributed by atoms with van der Waals surface area (Å²) in [6, 6.07) is 11.4. The summed E-state index contributed by atoms with van der Waals surface area (Å²) in [5, 5.41) is 13.8. The van der Waals surface area contributed by atoms with Crippen LogP contribution in [0.4, 0.5) is 31.9 Å². The van der Waals surface area contributed by atoms with Crippen LogP contribution in [-0.4, -0.2) is 15.2 Å². The van der Waals surface area contributed by atoms with E-state index in [1.807, 2.05) is 18.2 Å². The fourth-order valence-corrected chi connectivity index (χ4v) is 2.50. The molecule has 0 fully saturated rings. The summed E-state index contributed by atoms with van der Waals surface area (Å²) in [6.07, 6.45) is 1.50. The maximum atomic E-state index is 13.3. The Balaban J connectivity index is 1.83. The highest BCUT2D eigenvalue weighted by atomic mass is 19.2. The third kappa shape index (κ3) is 4.11. The van der Waals surface area contributed by atoms with Crippen LogP contribution in [0.15, 0.2) is 48.7 Å². The van der Waals surface area contributed by atoms with E-state index >= 15 is 0 Å². The van der Waals surface area contributed by atoms with Crippen LogP contribution < -0.4 is 10.6 Å². The molecule has 2 aromatic carbocycles. The number of benzene rings is 2. The molecule has 2 N–H and O–H groups in total. The molecule has 0 amide bonds. The number of rotatable bonds is 4. The van der Waals surface area contributed by atoms with Crippen LogP contribution >= 0.6 is 0 Å². The largest absolute Gasteiger partial charge is 0.339 e. The standard InChI is InChI=1S/C19H19F2N5/c1-19(2,3)13-6-4-5-7-16(13)24-17-11-22-26-18(25-17)23-12-8-9-14(20)15(21)10-12/h4-11H,1-3H3,(H2,23,24,25,26). The second-order valence-corrected chi connectivity index (χ2v) is 6.84. The van der Waals surface area contributed by atoms with Gasteiger partial charge in [-0.25, -0.2) is 8.78 Å². The van der Waals surface area contributed by atoms with Crippen LogP contribution in [0.2, 0.25) is 0 Å². The van der Waals surface area contributed by atoms with Crippen molar-refractivity contribution in [1.82, 2.24) is 15.2 Å². The normalized spacial score (nSPS) is 11.3. The van der Waals surface area contributed by atoms with Crippen molar-refractivity contribution in [2.45, 2.75) is 26.2 Å². The lowest BCUT2D eigenvalue weighted by molar-refractivity contribution is 0.509. The zero-order valence-electron chi connectivity index (χ0n) is 14.7. The molecule has 0 aliphatic carbocycles. The molecule has 0 unspecified atom stereocenters. The summed E-state index contributed by atoms with van der Waals surface area (Å²) in [5.41, 5.74) is 2.34. The molecular formula is C19H19F2N5. The van der Waals surface area contributed by atoms with Crippen molar-refractivity contribution in [3.05, 3.63) is 65.9 Å². The molecule has 26 heavy (non-hydrogen) atoms. The molecule has 0 radical (unpaired) electrons. The zero-order valence-corrected chi connectivity index (χ0v) is 14.7. The van der Waals surface area contributed by atoms with Gasteiger partial charge in [0, 0.05) is 17.4 Å². The lowest BCUT2D eigenvalue weighted by atomic mass is 9.86. The predicted molar refractivity (Wildman–Crippen MR) is 97.9 cm³/mol. The molecule has 0 aliphatic rings. The molecule has 0 aliphatic heterocycles. The van der Waals surface area contributed by atoms with Crippen molar-refractivity contribution in [1.29, 1.82) is 0 Å².